The number of hydrogen-bond acceptors (Lipinski definition) is 6. The molecule has 0 aliphatic heterocycles. The van der Waals surface area contributed by atoms with E-state index in [-0.39, 0.29) is 18.1 Å². The average molecular weight is 456 g/mol. The van der Waals surface area contributed by atoms with Gasteiger partial charge in [0.15, 0.2) is 11.5 Å². The number of ether oxygens (including phenoxy) is 2. The van der Waals surface area contributed by atoms with E-state index in [2.05, 4.69) is 11.4 Å². The standard InChI is InChI=1S/C27H24N2O5/c1-16-21(10-18-11-24(32-2)27(31)25(12-18)33-3)20-7-6-17(14-28)9-23(20)22(16)13-26(30)29-15-19-5-4-8-34-19/h4-12,31H,13,15H2,1-3H3,(H,29,30)/b21-10-. The Bertz CT molecular complexity index is 1320. The third kappa shape index (κ3) is 4.39. The van der Waals surface area contributed by atoms with Crippen LogP contribution >= 0.6 is 0 Å². The first-order valence-corrected chi connectivity index (χ1v) is 10.7. The highest BCUT2D eigenvalue weighted by atomic mass is 16.5. The van der Waals surface area contributed by atoms with Crippen LogP contribution in [-0.4, -0.2) is 25.2 Å². The number of phenolic OH excluding ortho intramolecular Hbond substituents is 1. The van der Waals surface area contributed by atoms with E-state index in [4.69, 9.17) is 13.9 Å². The smallest absolute Gasteiger partial charge is 0.224 e. The molecule has 0 fully saturated rings. The molecule has 34 heavy (non-hydrogen) atoms. The fourth-order valence-corrected chi connectivity index (χ4v) is 4.06. The Labute approximate surface area is 197 Å². The zero-order valence-corrected chi connectivity index (χ0v) is 19.1. The predicted octanol–water partition coefficient (Wildman–Crippen LogP) is 4.91. The Morgan fingerprint density at radius 3 is 2.50 bits per heavy atom. The summed E-state index contributed by atoms with van der Waals surface area (Å²) in [5.74, 6) is 1.05. The Balaban J connectivity index is 1.73. The van der Waals surface area contributed by atoms with Crippen LogP contribution in [0.1, 0.15) is 41.4 Å². The summed E-state index contributed by atoms with van der Waals surface area (Å²) in [4.78, 5) is 12.7. The minimum absolute atomic E-state index is 0.0705. The van der Waals surface area contributed by atoms with E-state index in [0.29, 0.717) is 29.4 Å². The number of allylic oxidation sites excluding steroid dienone is 2. The molecule has 2 aromatic carbocycles. The maximum atomic E-state index is 12.7. The van der Waals surface area contributed by atoms with Gasteiger partial charge >= 0.3 is 0 Å². The van der Waals surface area contributed by atoms with Crippen molar-refractivity contribution >= 4 is 23.1 Å². The zero-order valence-electron chi connectivity index (χ0n) is 19.1. The minimum atomic E-state index is -0.145. The van der Waals surface area contributed by atoms with Crippen molar-refractivity contribution in [1.29, 1.82) is 5.26 Å². The molecule has 7 nitrogen and oxygen atoms in total. The van der Waals surface area contributed by atoms with Crippen molar-refractivity contribution in [3.63, 3.8) is 0 Å². The van der Waals surface area contributed by atoms with Gasteiger partial charge in [0.2, 0.25) is 11.7 Å². The van der Waals surface area contributed by atoms with Gasteiger partial charge in [0.25, 0.3) is 0 Å². The molecule has 1 heterocycles. The molecule has 172 valence electrons. The molecule has 1 aliphatic carbocycles. The number of nitriles is 1. The molecule has 3 aromatic rings. The third-order valence-electron chi connectivity index (χ3n) is 5.81. The van der Waals surface area contributed by atoms with Crippen LogP contribution in [0.3, 0.4) is 0 Å². The number of methoxy groups -OCH3 is 2. The van der Waals surface area contributed by atoms with Crippen molar-refractivity contribution in [2.24, 2.45) is 0 Å². The quantitative estimate of drug-likeness (QED) is 0.524. The topological polar surface area (TPSA) is 105 Å². The summed E-state index contributed by atoms with van der Waals surface area (Å²) in [6, 6.07) is 14.7. The second-order valence-electron chi connectivity index (χ2n) is 7.84. The summed E-state index contributed by atoms with van der Waals surface area (Å²) in [5.41, 5.74) is 5.78. The first-order chi connectivity index (χ1) is 16.4. The van der Waals surface area contributed by atoms with Crippen LogP contribution in [0.25, 0.3) is 17.2 Å². The van der Waals surface area contributed by atoms with E-state index in [9.17, 15) is 15.2 Å². The van der Waals surface area contributed by atoms with Gasteiger partial charge in [-0.15, -0.1) is 0 Å². The van der Waals surface area contributed by atoms with Gasteiger partial charge in [-0.2, -0.15) is 5.26 Å². The maximum Gasteiger partial charge on any atom is 0.224 e. The number of nitrogens with one attached hydrogen (secondary N) is 1. The lowest BCUT2D eigenvalue weighted by Crippen LogP contribution is -2.22. The number of carbonyl (C=O) groups is 1. The highest BCUT2D eigenvalue weighted by Gasteiger charge is 2.26. The predicted molar refractivity (Wildman–Crippen MR) is 128 cm³/mol. The van der Waals surface area contributed by atoms with Crippen molar-refractivity contribution in [1.82, 2.24) is 5.32 Å². The van der Waals surface area contributed by atoms with Crippen molar-refractivity contribution in [3.05, 3.63) is 82.3 Å². The van der Waals surface area contributed by atoms with E-state index in [1.54, 1.807) is 36.6 Å². The number of rotatable bonds is 7. The van der Waals surface area contributed by atoms with Crippen LogP contribution in [0.15, 0.2) is 58.7 Å². The minimum Gasteiger partial charge on any atom is -0.502 e. The molecule has 0 spiro atoms. The molecule has 0 saturated heterocycles. The van der Waals surface area contributed by atoms with Crippen LogP contribution in [0, 0.1) is 11.3 Å². The number of amides is 1. The number of hydrogen-bond donors (Lipinski definition) is 2. The molecule has 4 rings (SSSR count). The number of fused-ring (bicyclic) bond motifs is 1. The second kappa shape index (κ2) is 9.59. The van der Waals surface area contributed by atoms with Gasteiger partial charge in [-0.1, -0.05) is 6.07 Å². The largest absolute Gasteiger partial charge is 0.502 e. The molecule has 1 aliphatic rings. The van der Waals surface area contributed by atoms with Crippen molar-refractivity contribution in [2.75, 3.05) is 14.2 Å². The van der Waals surface area contributed by atoms with Gasteiger partial charge in [-0.25, -0.2) is 0 Å². The van der Waals surface area contributed by atoms with Crippen molar-refractivity contribution in [2.45, 2.75) is 19.9 Å². The first-order valence-electron chi connectivity index (χ1n) is 10.7. The molecule has 7 heteroatoms. The fraction of sp³-hybridized carbons (Fsp3) is 0.185. The summed E-state index contributed by atoms with van der Waals surface area (Å²) in [5, 5.41) is 22.5. The highest BCUT2D eigenvalue weighted by molar-refractivity contribution is 6.08. The van der Waals surface area contributed by atoms with Crippen LogP contribution in [0.2, 0.25) is 0 Å². The molecule has 0 radical (unpaired) electrons. The summed E-state index contributed by atoms with van der Waals surface area (Å²) in [6.07, 6.45) is 3.68. The number of aromatic hydroxyl groups is 1. The average Bonchev–Trinajstić information content (AvgIpc) is 3.46. The van der Waals surface area contributed by atoms with Crippen LogP contribution < -0.4 is 14.8 Å². The summed E-state index contributed by atoms with van der Waals surface area (Å²) in [6.45, 7) is 2.26. The SMILES string of the molecule is COc1cc(/C=C2/C(C)=C(CC(=O)NCc3ccco3)c3cc(C#N)ccc32)cc(OC)c1O. The molecule has 2 N–H and O–H groups in total. The van der Waals surface area contributed by atoms with Gasteiger partial charge in [0.05, 0.1) is 45.1 Å². The lowest BCUT2D eigenvalue weighted by molar-refractivity contribution is -0.120. The molecule has 0 saturated carbocycles. The van der Waals surface area contributed by atoms with E-state index in [0.717, 1.165) is 33.4 Å². The number of phenols is 1. The fourth-order valence-electron chi connectivity index (χ4n) is 4.06. The van der Waals surface area contributed by atoms with Crippen molar-refractivity contribution in [3.8, 4) is 23.3 Å². The molecule has 0 unspecified atom stereocenters. The second-order valence-corrected chi connectivity index (χ2v) is 7.84. The van der Waals surface area contributed by atoms with Gasteiger partial charge in [0, 0.05) is 0 Å². The highest BCUT2D eigenvalue weighted by Crippen LogP contribution is 2.45. The normalized spacial score (nSPS) is 13.5. The number of benzene rings is 2. The van der Waals surface area contributed by atoms with Crippen LogP contribution in [-0.2, 0) is 11.3 Å². The van der Waals surface area contributed by atoms with Gasteiger partial charge in [-0.3, -0.25) is 4.79 Å². The molecule has 0 atom stereocenters. The monoisotopic (exact) mass is 456 g/mol. The van der Waals surface area contributed by atoms with Gasteiger partial charge in [-0.05, 0) is 82.8 Å². The zero-order chi connectivity index (χ0) is 24.2. The lowest BCUT2D eigenvalue weighted by atomic mass is 9.98. The Kier molecular flexibility index (Phi) is 6.42. The molecule has 1 amide bonds. The van der Waals surface area contributed by atoms with Gasteiger partial charge in [0.1, 0.15) is 5.76 Å². The number of nitrogens with zero attached hydrogens (tertiary/aromatic N) is 1. The Morgan fingerprint density at radius 1 is 1.15 bits per heavy atom. The van der Waals surface area contributed by atoms with E-state index < -0.39 is 0 Å². The van der Waals surface area contributed by atoms with Crippen LogP contribution in [0.5, 0.6) is 17.2 Å². The number of carbonyl (C=O) groups excluding carboxylic acids is 1. The molecule has 0 bridgehead atoms. The molecule has 1 aromatic heterocycles. The summed E-state index contributed by atoms with van der Waals surface area (Å²) in [7, 11) is 2.95. The maximum absolute atomic E-state index is 12.7. The summed E-state index contributed by atoms with van der Waals surface area (Å²) >= 11 is 0. The van der Waals surface area contributed by atoms with E-state index in [1.165, 1.54) is 14.2 Å². The Hall–Kier alpha value is -4.44. The first kappa shape index (κ1) is 22.7. The van der Waals surface area contributed by atoms with Crippen LogP contribution in [0.4, 0.5) is 0 Å². The third-order valence-corrected chi connectivity index (χ3v) is 5.81. The Morgan fingerprint density at radius 2 is 1.88 bits per heavy atom. The van der Waals surface area contributed by atoms with Crippen molar-refractivity contribution < 1.29 is 23.8 Å². The van der Waals surface area contributed by atoms with Gasteiger partial charge < -0.3 is 24.3 Å². The van der Waals surface area contributed by atoms with E-state index >= 15 is 0 Å². The number of furan rings is 1. The summed E-state index contributed by atoms with van der Waals surface area (Å²) < 4.78 is 15.8. The lowest BCUT2D eigenvalue weighted by Gasteiger charge is -2.11. The molecular formula is C27H24N2O5. The molecular weight excluding hydrogens is 432 g/mol. The van der Waals surface area contributed by atoms with E-state index in [1.807, 2.05) is 25.1 Å².